The molecule has 124 valence electrons. The number of carbonyl (C=O) groups is 2. The van der Waals surface area contributed by atoms with Gasteiger partial charge in [0.25, 0.3) is 0 Å². The highest BCUT2D eigenvalue weighted by Crippen LogP contribution is 2.47. The van der Waals surface area contributed by atoms with Gasteiger partial charge in [-0.05, 0) is 18.6 Å². The van der Waals surface area contributed by atoms with Crippen molar-refractivity contribution in [3.8, 4) is 17.2 Å². The van der Waals surface area contributed by atoms with E-state index in [1.165, 1.54) is 0 Å². The first kappa shape index (κ1) is 17.3. The lowest BCUT2D eigenvalue weighted by atomic mass is 9.92. The molecule has 6 nitrogen and oxygen atoms in total. The van der Waals surface area contributed by atoms with Gasteiger partial charge in [0.2, 0.25) is 0 Å². The number of carbonyl (C=O) groups excluding carboxylic acids is 2. The van der Waals surface area contributed by atoms with Crippen molar-refractivity contribution >= 4 is 23.2 Å². The van der Waals surface area contributed by atoms with Crippen molar-refractivity contribution in [2.75, 3.05) is 19.8 Å². The molecule has 0 saturated carbocycles. The molecule has 0 saturated heterocycles. The van der Waals surface area contributed by atoms with Crippen molar-refractivity contribution in [1.29, 1.82) is 0 Å². The first-order valence-electron chi connectivity index (χ1n) is 7.23. The number of ketones is 2. The predicted octanol–water partition coefficient (Wildman–Crippen LogP) is 2.88. The van der Waals surface area contributed by atoms with Crippen LogP contribution in [0.1, 0.15) is 40.5 Å². The molecule has 1 aliphatic carbocycles. The molecule has 0 aliphatic heterocycles. The average Bonchev–Trinajstić information content (AvgIpc) is 2.53. The van der Waals surface area contributed by atoms with E-state index in [1.807, 2.05) is 6.92 Å². The summed E-state index contributed by atoms with van der Waals surface area (Å²) in [6.07, 6.45) is 3.97. The van der Waals surface area contributed by atoms with Crippen molar-refractivity contribution in [1.82, 2.24) is 0 Å². The van der Waals surface area contributed by atoms with Crippen LogP contribution >= 0.6 is 11.6 Å². The maximum absolute atomic E-state index is 11.9. The predicted molar refractivity (Wildman–Crippen MR) is 83.8 cm³/mol. The van der Waals surface area contributed by atoms with Crippen molar-refractivity contribution in [3.05, 3.63) is 28.3 Å². The van der Waals surface area contributed by atoms with E-state index in [0.717, 1.165) is 25.0 Å². The maximum atomic E-state index is 11.9. The van der Waals surface area contributed by atoms with Gasteiger partial charge >= 0.3 is 0 Å². The van der Waals surface area contributed by atoms with E-state index >= 15 is 0 Å². The van der Waals surface area contributed by atoms with Gasteiger partial charge < -0.3 is 19.7 Å². The molecule has 1 aromatic rings. The number of phenolic OH excluding ortho intramolecular Hbond substituents is 2. The number of unbranched alkanes of at least 4 members (excludes halogenated alkanes) is 1. The lowest BCUT2D eigenvalue weighted by molar-refractivity contribution is 0.0957. The number of ether oxygens (including phenoxy) is 2. The molecule has 2 rings (SSSR count). The first-order valence-corrected chi connectivity index (χ1v) is 7.61. The molecule has 0 radical (unpaired) electrons. The highest BCUT2D eigenvalue weighted by Gasteiger charge is 2.32. The zero-order valence-corrected chi connectivity index (χ0v) is 13.4. The second kappa shape index (κ2) is 7.48. The van der Waals surface area contributed by atoms with E-state index in [9.17, 15) is 19.8 Å². The van der Waals surface area contributed by atoms with E-state index in [4.69, 9.17) is 21.1 Å². The van der Waals surface area contributed by atoms with Gasteiger partial charge in [0, 0.05) is 6.61 Å². The average molecular weight is 341 g/mol. The minimum Gasteiger partial charge on any atom is -0.505 e. The highest BCUT2D eigenvalue weighted by atomic mass is 35.5. The zero-order chi connectivity index (χ0) is 17.0. The summed E-state index contributed by atoms with van der Waals surface area (Å²) in [6.45, 7) is 2.97. The van der Waals surface area contributed by atoms with E-state index in [1.54, 1.807) is 0 Å². The monoisotopic (exact) mass is 340 g/mol. The Kier molecular flexibility index (Phi) is 5.63. The zero-order valence-electron chi connectivity index (χ0n) is 12.6. The van der Waals surface area contributed by atoms with Gasteiger partial charge in [-0.3, -0.25) is 9.59 Å². The quantitative estimate of drug-likeness (QED) is 0.585. The molecule has 0 bridgehead atoms. The molecule has 0 heterocycles. The molecule has 0 spiro atoms. The molecule has 0 aromatic heterocycles. The summed E-state index contributed by atoms with van der Waals surface area (Å²) in [5, 5.41) is 19.9. The molecular weight excluding hydrogens is 324 g/mol. The standard InChI is InChI=1S/C16H17ClO6/c1-2-3-6-22-7-8-23-16-13(17)14(20)11-9(18)4-5-10(19)12(11)15(16)21/h4-5,20-21H,2-3,6-8H2,1H3. The van der Waals surface area contributed by atoms with Crippen LogP contribution in [0.2, 0.25) is 5.02 Å². The molecule has 23 heavy (non-hydrogen) atoms. The smallest absolute Gasteiger partial charge is 0.190 e. The summed E-state index contributed by atoms with van der Waals surface area (Å²) in [5.41, 5.74) is -0.618. The second-order valence-electron chi connectivity index (χ2n) is 4.97. The van der Waals surface area contributed by atoms with Crippen LogP contribution in [-0.4, -0.2) is 41.6 Å². The third-order valence-electron chi connectivity index (χ3n) is 3.34. The molecule has 2 N–H and O–H groups in total. The molecule has 0 fully saturated rings. The number of phenols is 2. The molecule has 7 heteroatoms. The van der Waals surface area contributed by atoms with Gasteiger partial charge in [-0.15, -0.1) is 0 Å². The van der Waals surface area contributed by atoms with Gasteiger partial charge in [-0.1, -0.05) is 24.9 Å². The largest absolute Gasteiger partial charge is 0.505 e. The Hall–Kier alpha value is -2.05. The van der Waals surface area contributed by atoms with Crippen LogP contribution in [0.25, 0.3) is 0 Å². The first-order chi connectivity index (χ1) is 11.0. The highest BCUT2D eigenvalue weighted by molar-refractivity contribution is 6.36. The summed E-state index contributed by atoms with van der Waals surface area (Å²) in [5.74, 6) is -2.58. The Balaban J connectivity index is 2.22. The number of rotatable bonds is 7. The van der Waals surface area contributed by atoms with Gasteiger partial charge in [0.1, 0.15) is 17.4 Å². The Bertz CT molecular complexity index is 665. The molecule has 1 aliphatic rings. The Morgan fingerprint density at radius 1 is 1.00 bits per heavy atom. The van der Waals surface area contributed by atoms with Crippen molar-refractivity contribution in [2.24, 2.45) is 0 Å². The number of hydrogen-bond acceptors (Lipinski definition) is 6. The van der Waals surface area contributed by atoms with Crippen LogP contribution in [0.4, 0.5) is 0 Å². The number of hydrogen-bond donors (Lipinski definition) is 2. The number of allylic oxidation sites excluding steroid dienone is 2. The van der Waals surface area contributed by atoms with Gasteiger partial charge in [0.15, 0.2) is 23.1 Å². The summed E-state index contributed by atoms with van der Waals surface area (Å²) in [6, 6.07) is 0. The lowest BCUT2D eigenvalue weighted by Crippen LogP contribution is -2.14. The van der Waals surface area contributed by atoms with Crippen LogP contribution in [0.15, 0.2) is 12.2 Å². The third-order valence-corrected chi connectivity index (χ3v) is 3.69. The maximum Gasteiger partial charge on any atom is 0.190 e. The van der Waals surface area contributed by atoms with Gasteiger partial charge in [-0.25, -0.2) is 0 Å². The minimum atomic E-state index is -0.608. The number of halogens is 1. The molecular formula is C16H17ClO6. The summed E-state index contributed by atoms with van der Waals surface area (Å²) in [7, 11) is 0. The summed E-state index contributed by atoms with van der Waals surface area (Å²) >= 11 is 5.95. The molecule has 0 unspecified atom stereocenters. The van der Waals surface area contributed by atoms with Gasteiger partial charge in [0.05, 0.1) is 17.7 Å². The summed E-state index contributed by atoms with van der Waals surface area (Å²) < 4.78 is 10.6. The Labute approximate surface area is 138 Å². The van der Waals surface area contributed by atoms with Crippen molar-refractivity contribution in [3.63, 3.8) is 0 Å². The van der Waals surface area contributed by atoms with E-state index in [-0.39, 0.29) is 35.1 Å². The molecule has 0 atom stereocenters. The van der Waals surface area contributed by atoms with E-state index < -0.39 is 23.1 Å². The SMILES string of the molecule is CCCCOCCOc1c(O)c2c(c(O)c1Cl)C(=O)C=CC2=O. The topological polar surface area (TPSA) is 93.1 Å². The Morgan fingerprint density at radius 2 is 1.61 bits per heavy atom. The van der Waals surface area contributed by atoms with Crippen molar-refractivity contribution in [2.45, 2.75) is 19.8 Å². The number of aromatic hydroxyl groups is 2. The normalized spacial score (nSPS) is 13.3. The lowest BCUT2D eigenvalue weighted by Gasteiger charge is -2.18. The van der Waals surface area contributed by atoms with E-state index in [2.05, 4.69) is 0 Å². The molecule has 0 amide bonds. The van der Waals surface area contributed by atoms with Gasteiger partial charge in [-0.2, -0.15) is 0 Å². The van der Waals surface area contributed by atoms with Crippen LogP contribution in [-0.2, 0) is 4.74 Å². The van der Waals surface area contributed by atoms with Crippen molar-refractivity contribution < 1.29 is 29.3 Å². The molecule has 1 aromatic carbocycles. The van der Waals surface area contributed by atoms with E-state index in [0.29, 0.717) is 6.61 Å². The fourth-order valence-corrected chi connectivity index (χ4v) is 2.39. The Morgan fingerprint density at radius 3 is 2.22 bits per heavy atom. The second-order valence-corrected chi connectivity index (χ2v) is 5.34. The van der Waals surface area contributed by atoms with Crippen LogP contribution in [0.3, 0.4) is 0 Å². The van der Waals surface area contributed by atoms with Crippen LogP contribution in [0.5, 0.6) is 17.2 Å². The fourth-order valence-electron chi connectivity index (χ4n) is 2.15. The van der Waals surface area contributed by atoms with Crippen LogP contribution < -0.4 is 4.74 Å². The number of fused-ring (bicyclic) bond motifs is 1. The third kappa shape index (κ3) is 3.48. The summed E-state index contributed by atoms with van der Waals surface area (Å²) in [4.78, 5) is 23.7. The number of benzene rings is 1. The van der Waals surface area contributed by atoms with Crippen LogP contribution in [0, 0.1) is 0 Å². The fraction of sp³-hybridized carbons (Fsp3) is 0.375. The minimum absolute atomic E-state index is 0.0766.